The molecular formula is C17H26N4O. The van der Waals surface area contributed by atoms with Crippen LogP contribution in [0.25, 0.3) is 0 Å². The van der Waals surface area contributed by atoms with Crippen LogP contribution in [-0.4, -0.2) is 71.4 Å². The van der Waals surface area contributed by atoms with E-state index in [0.29, 0.717) is 24.4 Å². The zero-order valence-electron chi connectivity index (χ0n) is 13.6. The molecule has 22 heavy (non-hydrogen) atoms. The first kappa shape index (κ1) is 15.4. The largest absolute Gasteiger partial charge is 0.337 e. The van der Waals surface area contributed by atoms with Gasteiger partial charge >= 0.3 is 0 Å². The average molecular weight is 302 g/mol. The number of pyridine rings is 1. The molecule has 2 fully saturated rings. The minimum absolute atomic E-state index is 0.336. The van der Waals surface area contributed by atoms with Crippen molar-refractivity contribution >= 4 is 5.91 Å². The summed E-state index contributed by atoms with van der Waals surface area (Å²) >= 11 is 0. The number of hydrogen-bond acceptors (Lipinski definition) is 4. The minimum atomic E-state index is 0.336. The van der Waals surface area contributed by atoms with Crippen LogP contribution in [0.1, 0.15) is 25.0 Å². The summed E-state index contributed by atoms with van der Waals surface area (Å²) in [5, 5.41) is 0. The predicted molar refractivity (Wildman–Crippen MR) is 86.3 cm³/mol. The Kier molecular flexibility index (Phi) is 4.74. The van der Waals surface area contributed by atoms with E-state index in [1.807, 2.05) is 18.3 Å². The molecule has 2 aliphatic rings. The van der Waals surface area contributed by atoms with Crippen LogP contribution >= 0.6 is 0 Å². The SMILES string of the molecule is CN(C)CCN1C(=O)CC[C@@H]2[C@H]1CCN2Cc1ccccn1. The molecule has 0 aromatic carbocycles. The van der Waals surface area contributed by atoms with E-state index in [0.717, 1.165) is 44.7 Å². The van der Waals surface area contributed by atoms with Crippen molar-refractivity contribution < 1.29 is 4.79 Å². The molecule has 0 bridgehead atoms. The number of carbonyl (C=O) groups excluding carboxylic acids is 1. The summed E-state index contributed by atoms with van der Waals surface area (Å²) < 4.78 is 0. The summed E-state index contributed by atoms with van der Waals surface area (Å²) in [5.41, 5.74) is 1.12. The first-order chi connectivity index (χ1) is 10.6. The van der Waals surface area contributed by atoms with Crippen LogP contribution in [0.3, 0.4) is 0 Å². The van der Waals surface area contributed by atoms with Crippen LogP contribution in [-0.2, 0) is 11.3 Å². The third-order valence-corrected chi connectivity index (χ3v) is 4.88. The highest BCUT2D eigenvalue weighted by Gasteiger charge is 2.42. The van der Waals surface area contributed by atoms with Crippen LogP contribution in [0.5, 0.6) is 0 Å². The molecule has 1 aromatic heterocycles. The molecule has 1 aromatic rings. The second kappa shape index (κ2) is 6.75. The highest BCUT2D eigenvalue weighted by atomic mass is 16.2. The smallest absolute Gasteiger partial charge is 0.222 e. The third kappa shape index (κ3) is 3.31. The summed E-state index contributed by atoms with van der Waals surface area (Å²) in [6.07, 6.45) is 4.63. The molecule has 1 amide bonds. The number of rotatable bonds is 5. The van der Waals surface area contributed by atoms with Gasteiger partial charge in [0, 0.05) is 50.9 Å². The maximum absolute atomic E-state index is 12.3. The molecule has 0 saturated carbocycles. The van der Waals surface area contributed by atoms with Gasteiger partial charge < -0.3 is 9.80 Å². The van der Waals surface area contributed by atoms with E-state index < -0.39 is 0 Å². The number of nitrogens with zero attached hydrogens (tertiary/aromatic N) is 4. The second-order valence-corrected chi connectivity index (χ2v) is 6.64. The number of fused-ring (bicyclic) bond motifs is 1. The molecule has 2 atom stereocenters. The van der Waals surface area contributed by atoms with Gasteiger partial charge in [-0.1, -0.05) is 6.07 Å². The Hall–Kier alpha value is -1.46. The lowest BCUT2D eigenvalue weighted by atomic mass is 9.96. The van der Waals surface area contributed by atoms with E-state index in [-0.39, 0.29) is 0 Å². The van der Waals surface area contributed by atoms with Crippen molar-refractivity contribution in [2.75, 3.05) is 33.7 Å². The fourth-order valence-corrected chi connectivity index (χ4v) is 3.73. The Morgan fingerprint density at radius 1 is 1.27 bits per heavy atom. The molecule has 0 N–H and O–H groups in total. The normalized spacial score (nSPS) is 25.8. The van der Waals surface area contributed by atoms with Crippen molar-refractivity contribution in [1.82, 2.24) is 19.7 Å². The minimum Gasteiger partial charge on any atom is -0.337 e. The maximum Gasteiger partial charge on any atom is 0.222 e. The van der Waals surface area contributed by atoms with Crippen LogP contribution in [0.4, 0.5) is 0 Å². The Bertz CT molecular complexity index is 505. The van der Waals surface area contributed by atoms with E-state index >= 15 is 0 Å². The van der Waals surface area contributed by atoms with Gasteiger partial charge in [-0.2, -0.15) is 0 Å². The zero-order chi connectivity index (χ0) is 15.5. The molecule has 0 unspecified atom stereocenters. The van der Waals surface area contributed by atoms with Gasteiger partial charge in [-0.25, -0.2) is 0 Å². The van der Waals surface area contributed by atoms with E-state index in [1.54, 1.807) is 0 Å². The Labute approximate surface area is 132 Å². The van der Waals surface area contributed by atoms with E-state index in [4.69, 9.17) is 0 Å². The lowest BCUT2D eigenvalue weighted by molar-refractivity contribution is -0.137. The monoisotopic (exact) mass is 302 g/mol. The standard InChI is InChI=1S/C17H26N4O/c1-19(2)11-12-21-16-8-10-20(15(16)6-7-17(21)22)13-14-5-3-4-9-18-14/h3-5,9,15-16H,6-8,10-13H2,1-2H3/t15-,16-/m1/s1. The van der Waals surface area contributed by atoms with Crippen molar-refractivity contribution in [2.24, 2.45) is 0 Å². The first-order valence-electron chi connectivity index (χ1n) is 8.23. The second-order valence-electron chi connectivity index (χ2n) is 6.64. The Balaban J connectivity index is 1.66. The highest BCUT2D eigenvalue weighted by molar-refractivity contribution is 5.77. The number of carbonyl (C=O) groups is 1. The quantitative estimate of drug-likeness (QED) is 0.820. The summed E-state index contributed by atoms with van der Waals surface area (Å²) in [6.45, 7) is 3.76. The third-order valence-electron chi connectivity index (χ3n) is 4.88. The number of amides is 1. The Morgan fingerprint density at radius 3 is 2.86 bits per heavy atom. The van der Waals surface area contributed by atoms with Gasteiger partial charge in [-0.3, -0.25) is 14.7 Å². The molecule has 0 radical (unpaired) electrons. The molecule has 5 heteroatoms. The van der Waals surface area contributed by atoms with Crippen LogP contribution in [0, 0.1) is 0 Å². The number of likely N-dealkylation sites (tertiary alicyclic amines) is 2. The average Bonchev–Trinajstić information content (AvgIpc) is 2.90. The van der Waals surface area contributed by atoms with Crippen LogP contribution in [0.15, 0.2) is 24.4 Å². The number of hydrogen-bond donors (Lipinski definition) is 0. The van der Waals surface area contributed by atoms with Gasteiger partial charge in [0.2, 0.25) is 5.91 Å². The molecule has 120 valence electrons. The van der Waals surface area contributed by atoms with Gasteiger partial charge in [-0.15, -0.1) is 0 Å². The number of aromatic nitrogens is 1. The van der Waals surface area contributed by atoms with Gasteiger partial charge in [0.25, 0.3) is 0 Å². The fourth-order valence-electron chi connectivity index (χ4n) is 3.73. The molecule has 5 nitrogen and oxygen atoms in total. The van der Waals surface area contributed by atoms with E-state index in [2.05, 4.69) is 39.8 Å². The molecule has 3 rings (SSSR count). The first-order valence-corrected chi connectivity index (χ1v) is 8.23. The molecule has 0 spiro atoms. The van der Waals surface area contributed by atoms with Crippen molar-refractivity contribution in [3.8, 4) is 0 Å². The van der Waals surface area contributed by atoms with Crippen molar-refractivity contribution in [3.63, 3.8) is 0 Å². The number of piperidine rings is 1. The summed E-state index contributed by atoms with van der Waals surface area (Å²) in [6, 6.07) is 6.99. The van der Waals surface area contributed by atoms with Crippen LogP contribution in [0.2, 0.25) is 0 Å². The zero-order valence-corrected chi connectivity index (χ0v) is 13.6. The maximum atomic E-state index is 12.3. The Morgan fingerprint density at radius 2 is 2.14 bits per heavy atom. The molecular weight excluding hydrogens is 276 g/mol. The van der Waals surface area contributed by atoms with Crippen molar-refractivity contribution in [1.29, 1.82) is 0 Å². The summed E-state index contributed by atoms with van der Waals surface area (Å²) in [5.74, 6) is 0.336. The van der Waals surface area contributed by atoms with E-state index in [1.165, 1.54) is 0 Å². The molecule has 3 heterocycles. The summed E-state index contributed by atoms with van der Waals surface area (Å²) in [7, 11) is 4.13. The lowest BCUT2D eigenvalue weighted by Gasteiger charge is -2.40. The predicted octanol–water partition coefficient (Wildman–Crippen LogP) is 1.21. The van der Waals surface area contributed by atoms with E-state index in [9.17, 15) is 4.79 Å². The van der Waals surface area contributed by atoms with Gasteiger partial charge in [0.05, 0.1) is 5.69 Å². The fraction of sp³-hybridized carbons (Fsp3) is 0.647. The van der Waals surface area contributed by atoms with Crippen LogP contribution < -0.4 is 0 Å². The molecule has 2 aliphatic heterocycles. The molecule has 0 aliphatic carbocycles. The van der Waals surface area contributed by atoms with Gasteiger partial charge in [0.1, 0.15) is 0 Å². The topological polar surface area (TPSA) is 39.7 Å². The lowest BCUT2D eigenvalue weighted by Crippen LogP contribution is -2.53. The summed E-state index contributed by atoms with van der Waals surface area (Å²) in [4.78, 5) is 23.5. The van der Waals surface area contributed by atoms with Gasteiger partial charge in [-0.05, 0) is 39.1 Å². The van der Waals surface area contributed by atoms with Crippen molar-refractivity contribution in [2.45, 2.75) is 37.9 Å². The van der Waals surface area contributed by atoms with Gasteiger partial charge in [0.15, 0.2) is 0 Å². The number of likely N-dealkylation sites (N-methyl/N-ethyl adjacent to an activating group) is 1. The molecule has 2 saturated heterocycles. The van der Waals surface area contributed by atoms with Crippen molar-refractivity contribution in [3.05, 3.63) is 30.1 Å². The highest BCUT2D eigenvalue weighted by Crippen LogP contribution is 2.32.